The molecule has 1 spiro atoms. The maximum absolute atomic E-state index is 12.9. The van der Waals surface area contributed by atoms with Gasteiger partial charge in [-0.05, 0) is 67.6 Å². The van der Waals surface area contributed by atoms with E-state index < -0.39 is 0 Å². The number of hydrogen-bond donors (Lipinski definition) is 0. The van der Waals surface area contributed by atoms with Crippen molar-refractivity contribution in [3.05, 3.63) is 11.6 Å². The Balaban J connectivity index is 1.82. The Kier molecular flexibility index (Phi) is 2.69. The lowest BCUT2D eigenvalue weighted by Gasteiger charge is -2.65. The largest absolute Gasteiger partial charge is 0.299 e. The Labute approximate surface area is 129 Å². The van der Waals surface area contributed by atoms with Gasteiger partial charge in [0.1, 0.15) is 5.78 Å². The van der Waals surface area contributed by atoms with Crippen LogP contribution in [0.4, 0.5) is 0 Å². The molecule has 0 aromatic heterocycles. The molecule has 5 aliphatic carbocycles. The number of Topliss-reactive ketones (excluding diaryl/α,β-unsaturated/α-hetero) is 1. The number of carbonyl (C=O) groups excluding carboxylic acids is 1. The van der Waals surface area contributed by atoms with E-state index in [1.165, 1.54) is 37.7 Å². The Morgan fingerprint density at radius 3 is 2.62 bits per heavy atom. The molecule has 0 radical (unpaired) electrons. The van der Waals surface area contributed by atoms with Crippen LogP contribution in [0.25, 0.3) is 0 Å². The van der Waals surface area contributed by atoms with Gasteiger partial charge in [-0.2, -0.15) is 0 Å². The van der Waals surface area contributed by atoms with Crippen molar-refractivity contribution in [3.8, 4) is 0 Å². The first-order valence-electron chi connectivity index (χ1n) is 9.02. The molecule has 0 N–H and O–H groups in total. The molecular formula is C20H30O. The van der Waals surface area contributed by atoms with E-state index in [1.54, 1.807) is 0 Å². The van der Waals surface area contributed by atoms with Crippen LogP contribution in [0.3, 0.4) is 0 Å². The summed E-state index contributed by atoms with van der Waals surface area (Å²) in [5.41, 5.74) is 2.30. The number of fused-ring (bicyclic) bond motifs is 2. The fraction of sp³-hybridized carbons (Fsp3) is 0.850. The van der Waals surface area contributed by atoms with Crippen LogP contribution < -0.4 is 0 Å². The van der Waals surface area contributed by atoms with Gasteiger partial charge in [0, 0.05) is 6.42 Å². The lowest BCUT2D eigenvalue weighted by molar-refractivity contribution is -0.165. The second-order valence-corrected chi connectivity index (χ2v) is 9.48. The first-order valence-corrected chi connectivity index (χ1v) is 9.02. The van der Waals surface area contributed by atoms with Gasteiger partial charge in [0.15, 0.2) is 0 Å². The molecule has 3 saturated carbocycles. The average Bonchev–Trinajstić information content (AvgIpc) is 2.38. The van der Waals surface area contributed by atoms with Crippen LogP contribution in [0.2, 0.25) is 0 Å². The van der Waals surface area contributed by atoms with Crippen molar-refractivity contribution in [3.63, 3.8) is 0 Å². The second-order valence-electron chi connectivity index (χ2n) is 9.48. The van der Waals surface area contributed by atoms with Crippen LogP contribution in [-0.2, 0) is 4.79 Å². The molecule has 0 aromatic carbocycles. The van der Waals surface area contributed by atoms with E-state index in [2.05, 4.69) is 33.8 Å². The summed E-state index contributed by atoms with van der Waals surface area (Å²) in [6.07, 6.45) is 11.0. The SMILES string of the molecule is CC1=C[C@@]23CC[C@@H]4C(C)(C)CCC[C@@]4(C)[C@@H]2C[C@@H]1CC3=O. The highest BCUT2D eigenvalue weighted by molar-refractivity contribution is 5.90. The van der Waals surface area contributed by atoms with Gasteiger partial charge < -0.3 is 0 Å². The van der Waals surface area contributed by atoms with Crippen LogP contribution in [0.5, 0.6) is 0 Å². The Hall–Kier alpha value is -0.590. The normalized spacial score (nSPS) is 51.1. The molecule has 0 aromatic rings. The number of hydrogen-bond acceptors (Lipinski definition) is 1. The van der Waals surface area contributed by atoms with Gasteiger partial charge in [0.05, 0.1) is 5.41 Å². The standard InChI is InChI=1S/C20H30O/c1-13-12-20-9-6-15-18(2,3)7-5-8-19(15,4)16(20)10-14(13)11-17(20)21/h12,14-16H,5-11H2,1-4H3/t14-,15-,16+,19-,20+/m1/s1. The zero-order valence-corrected chi connectivity index (χ0v) is 14.2. The smallest absolute Gasteiger partial charge is 0.143 e. The highest BCUT2D eigenvalue weighted by Crippen LogP contribution is 2.69. The van der Waals surface area contributed by atoms with Gasteiger partial charge in [-0.15, -0.1) is 0 Å². The molecule has 5 rings (SSSR count). The third-order valence-electron chi connectivity index (χ3n) is 8.14. The summed E-state index contributed by atoms with van der Waals surface area (Å²) in [4.78, 5) is 12.9. The number of ketones is 1. The van der Waals surface area contributed by atoms with Gasteiger partial charge >= 0.3 is 0 Å². The summed E-state index contributed by atoms with van der Waals surface area (Å²) in [5, 5.41) is 0. The van der Waals surface area contributed by atoms with E-state index in [4.69, 9.17) is 0 Å². The summed E-state index contributed by atoms with van der Waals surface area (Å²) in [7, 11) is 0. The molecule has 1 nitrogen and oxygen atoms in total. The number of carbonyl (C=O) groups is 1. The van der Waals surface area contributed by atoms with Crippen LogP contribution in [0, 0.1) is 34.0 Å². The predicted octanol–water partition coefficient (Wildman–Crippen LogP) is 5.15. The first-order chi connectivity index (χ1) is 9.80. The first kappa shape index (κ1) is 14.0. The van der Waals surface area contributed by atoms with Crippen LogP contribution in [0.1, 0.15) is 72.6 Å². The molecule has 116 valence electrons. The van der Waals surface area contributed by atoms with Crippen molar-refractivity contribution < 1.29 is 4.79 Å². The zero-order chi connectivity index (χ0) is 15.0. The number of rotatable bonds is 0. The molecule has 1 heteroatoms. The van der Waals surface area contributed by atoms with E-state index >= 15 is 0 Å². The van der Waals surface area contributed by atoms with Crippen molar-refractivity contribution >= 4 is 5.78 Å². The van der Waals surface area contributed by atoms with E-state index in [9.17, 15) is 4.79 Å². The highest BCUT2D eigenvalue weighted by atomic mass is 16.1. The lowest BCUT2D eigenvalue weighted by Crippen LogP contribution is -2.61. The van der Waals surface area contributed by atoms with Crippen molar-refractivity contribution in [1.29, 1.82) is 0 Å². The minimum atomic E-state index is -0.0719. The molecule has 0 heterocycles. The molecule has 0 aliphatic heterocycles. The van der Waals surface area contributed by atoms with Crippen molar-refractivity contribution in [1.82, 2.24) is 0 Å². The molecule has 3 fully saturated rings. The minimum absolute atomic E-state index is 0.0719. The maximum Gasteiger partial charge on any atom is 0.143 e. The average molecular weight is 286 g/mol. The lowest BCUT2D eigenvalue weighted by atomic mass is 9.38. The molecular weight excluding hydrogens is 256 g/mol. The molecule has 5 atom stereocenters. The van der Waals surface area contributed by atoms with Gasteiger partial charge in [-0.1, -0.05) is 38.8 Å². The minimum Gasteiger partial charge on any atom is -0.299 e. The maximum atomic E-state index is 12.9. The molecule has 21 heavy (non-hydrogen) atoms. The molecule has 0 amide bonds. The highest BCUT2D eigenvalue weighted by Gasteiger charge is 2.64. The van der Waals surface area contributed by atoms with Gasteiger partial charge in [-0.3, -0.25) is 4.79 Å². The number of allylic oxidation sites excluding steroid dienone is 2. The second kappa shape index (κ2) is 4.03. The summed E-state index contributed by atoms with van der Waals surface area (Å²) in [6, 6.07) is 0. The van der Waals surface area contributed by atoms with Crippen LogP contribution in [0.15, 0.2) is 11.6 Å². The topological polar surface area (TPSA) is 17.1 Å². The predicted molar refractivity (Wildman–Crippen MR) is 85.9 cm³/mol. The van der Waals surface area contributed by atoms with Crippen molar-refractivity contribution in [2.75, 3.05) is 0 Å². The molecule has 5 aliphatic rings. The fourth-order valence-corrected chi connectivity index (χ4v) is 7.17. The van der Waals surface area contributed by atoms with Gasteiger partial charge in [-0.25, -0.2) is 0 Å². The van der Waals surface area contributed by atoms with Gasteiger partial charge in [0.25, 0.3) is 0 Å². The van der Waals surface area contributed by atoms with Crippen LogP contribution in [-0.4, -0.2) is 5.78 Å². The summed E-state index contributed by atoms with van der Waals surface area (Å²) in [6.45, 7) is 9.78. The summed E-state index contributed by atoms with van der Waals surface area (Å²) in [5.74, 6) is 2.58. The summed E-state index contributed by atoms with van der Waals surface area (Å²) < 4.78 is 0. The zero-order valence-electron chi connectivity index (χ0n) is 14.2. The van der Waals surface area contributed by atoms with Crippen molar-refractivity contribution in [2.45, 2.75) is 72.6 Å². The van der Waals surface area contributed by atoms with Gasteiger partial charge in [0.2, 0.25) is 0 Å². The Morgan fingerprint density at radius 2 is 1.86 bits per heavy atom. The Bertz CT molecular complexity index is 528. The van der Waals surface area contributed by atoms with E-state index in [1.807, 2.05) is 0 Å². The van der Waals surface area contributed by atoms with E-state index in [-0.39, 0.29) is 5.41 Å². The molecule has 0 saturated heterocycles. The quantitative estimate of drug-likeness (QED) is 0.562. The Morgan fingerprint density at radius 1 is 1.10 bits per heavy atom. The molecule has 0 unspecified atom stereocenters. The molecule has 2 bridgehead atoms. The van der Waals surface area contributed by atoms with E-state index in [0.717, 1.165) is 18.8 Å². The third-order valence-corrected chi connectivity index (χ3v) is 8.14. The fourth-order valence-electron chi connectivity index (χ4n) is 7.17. The summed E-state index contributed by atoms with van der Waals surface area (Å²) >= 11 is 0. The van der Waals surface area contributed by atoms with Crippen LogP contribution >= 0.6 is 0 Å². The third kappa shape index (κ3) is 1.61. The van der Waals surface area contributed by atoms with E-state index in [0.29, 0.717) is 28.4 Å². The van der Waals surface area contributed by atoms with Crippen molar-refractivity contribution in [2.24, 2.45) is 34.0 Å². The monoisotopic (exact) mass is 286 g/mol.